The van der Waals surface area contributed by atoms with Crippen molar-refractivity contribution in [1.82, 2.24) is 0 Å². The van der Waals surface area contributed by atoms with Crippen molar-refractivity contribution in [2.24, 2.45) is 0 Å². The minimum atomic E-state index is -0.184. The van der Waals surface area contributed by atoms with Crippen molar-refractivity contribution in [2.45, 2.75) is 52.4 Å². The first-order valence-electron chi connectivity index (χ1n) is 27.6. The fourth-order valence-electron chi connectivity index (χ4n) is 12.4. The number of benzene rings is 10. The molecule has 10 aromatic carbocycles. The van der Waals surface area contributed by atoms with E-state index in [2.05, 4.69) is 232 Å². The maximum absolute atomic E-state index is 6.48. The van der Waals surface area contributed by atoms with Crippen LogP contribution in [0.5, 0.6) is 23.0 Å². The molecule has 0 atom stereocenters. The van der Waals surface area contributed by atoms with Crippen molar-refractivity contribution >= 4 is 107 Å². The summed E-state index contributed by atoms with van der Waals surface area (Å²) < 4.78 is 31.9. The molecule has 0 saturated heterocycles. The normalized spacial score (nSPS) is 14.3. The van der Waals surface area contributed by atoms with E-state index in [4.69, 9.17) is 23.4 Å². The third-order valence-corrected chi connectivity index (χ3v) is 16.4. The Bertz CT molecular complexity index is 4250. The number of furan rings is 1. The number of anilines is 9. The van der Waals surface area contributed by atoms with E-state index in [1.165, 1.54) is 27.4 Å². The smallest absolute Gasteiger partial charge is 0.252 e. The highest BCUT2D eigenvalue weighted by Gasteiger charge is 2.45. The summed E-state index contributed by atoms with van der Waals surface area (Å²) >= 11 is 0. The molecule has 4 aliphatic rings. The average Bonchev–Trinajstić information content (AvgIpc) is 4.01. The van der Waals surface area contributed by atoms with Gasteiger partial charge in [-0.25, -0.2) is 0 Å². The molecule has 0 saturated carbocycles. The quantitative estimate of drug-likeness (QED) is 0.153. The van der Waals surface area contributed by atoms with Crippen LogP contribution in [-0.2, 0) is 10.8 Å². The lowest BCUT2D eigenvalue weighted by Crippen LogP contribution is -2.61. The molecule has 8 nitrogen and oxygen atoms in total. The van der Waals surface area contributed by atoms with Crippen LogP contribution in [-0.4, -0.2) is 33.1 Å². The molecule has 0 spiro atoms. The molecule has 5 heterocycles. The lowest BCUT2D eigenvalue weighted by Gasteiger charge is -2.45. The van der Waals surface area contributed by atoms with Crippen molar-refractivity contribution in [3.05, 3.63) is 205 Å². The Hall–Kier alpha value is -9.08. The van der Waals surface area contributed by atoms with Gasteiger partial charge in [0.1, 0.15) is 37.8 Å². The van der Waals surface area contributed by atoms with Gasteiger partial charge in [0, 0.05) is 62.9 Å². The first kappa shape index (κ1) is 47.2. The van der Waals surface area contributed by atoms with Gasteiger partial charge in [-0.05, 0) is 151 Å². The summed E-state index contributed by atoms with van der Waals surface area (Å²) in [6, 6.07) is 71.2. The topological polar surface area (TPSA) is 59.8 Å². The zero-order chi connectivity index (χ0) is 53.3. The van der Waals surface area contributed by atoms with E-state index in [0.29, 0.717) is 32.2 Å². The zero-order valence-electron chi connectivity index (χ0n) is 45.3. The van der Waals surface area contributed by atoms with Crippen LogP contribution in [0.3, 0.4) is 0 Å². The predicted octanol–water partition coefficient (Wildman–Crippen LogP) is 16.1. The van der Waals surface area contributed by atoms with Crippen LogP contribution in [0.4, 0.5) is 51.2 Å². The van der Waals surface area contributed by atoms with Gasteiger partial charge in [-0.2, -0.15) is 0 Å². The number of hydrogen-bond donors (Lipinski definition) is 0. The van der Waals surface area contributed by atoms with Gasteiger partial charge in [0.05, 0.1) is 11.4 Å². The van der Waals surface area contributed by atoms with Gasteiger partial charge in [0.15, 0.2) is 23.0 Å². The van der Waals surface area contributed by atoms with Gasteiger partial charge in [-0.15, -0.1) is 0 Å². The highest BCUT2D eigenvalue weighted by atomic mass is 16.6. The molecular formula is C70H58BN3O5. The largest absolute Gasteiger partial charge is 0.486 e. The summed E-state index contributed by atoms with van der Waals surface area (Å²) in [5, 5.41) is 5.66. The van der Waals surface area contributed by atoms with E-state index in [0.717, 1.165) is 112 Å². The fourth-order valence-corrected chi connectivity index (χ4v) is 12.4. The Morgan fingerprint density at radius 3 is 1.66 bits per heavy atom. The predicted molar refractivity (Wildman–Crippen MR) is 325 cm³/mol. The van der Waals surface area contributed by atoms with Crippen LogP contribution >= 0.6 is 0 Å². The minimum absolute atomic E-state index is 0.0297. The van der Waals surface area contributed by atoms with Crippen molar-refractivity contribution < 1.29 is 23.4 Å². The Balaban J connectivity index is 1.02. The summed E-state index contributed by atoms with van der Waals surface area (Å²) in [6.45, 7) is 15.5. The van der Waals surface area contributed by atoms with E-state index < -0.39 is 0 Å². The Morgan fingerprint density at radius 2 is 0.949 bits per heavy atom. The van der Waals surface area contributed by atoms with Crippen LogP contribution in [0.2, 0.25) is 0 Å². The monoisotopic (exact) mass is 1030 g/mol. The lowest BCUT2D eigenvalue weighted by atomic mass is 9.33. The fraction of sp³-hybridized carbons (Fsp3) is 0.171. The van der Waals surface area contributed by atoms with Crippen LogP contribution in [0.1, 0.15) is 52.7 Å². The molecule has 15 rings (SSSR count). The Morgan fingerprint density at radius 1 is 0.392 bits per heavy atom. The van der Waals surface area contributed by atoms with Crippen LogP contribution in [0, 0.1) is 0 Å². The van der Waals surface area contributed by atoms with Gasteiger partial charge < -0.3 is 38.1 Å². The second kappa shape index (κ2) is 17.7. The van der Waals surface area contributed by atoms with Gasteiger partial charge in [-0.1, -0.05) is 133 Å². The molecule has 0 fully saturated rings. The Labute approximate surface area is 461 Å². The van der Waals surface area contributed by atoms with Crippen molar-refractivity contribution in [3.63, 3.8) is 0 Å². The minimum Gasteiger partial charge on any atom is -0.486 e. The standard InChI is InChI=1S/C70H58BN3O5/c1-69(2,3)49-19-24-51(25-20-49)73-58-27-21-50(70(4,5)6)37-56(58)71-57-41-66-67(78-32-31-77-66)42-59(57)74(54-26-28-63-65(40-54)76-30-29-75-63)61-39-55(38-60(73)68(61)71)72(52-22-17-43-11-7-8-12-44(43)34-52)53-23-18-45-33-48(16-15-46(45)35-53)64-36-47-13-9-10-14-62(47)79-64/h7-28,33-42H,29-32H2,1-6H3. The number of rotatable bonds is 6. The SMILES string of the molecule is CC(C)(C)c1ccc(N2c3ccc(C(C)(C)C)cc3B3c4cc5c(cc4N(c4ccc6c(c4)OCCO6)c4cc(N(c6ccc7ccccc7c6)c6ccc7cc(-c8cc9ccccc9o8)ccc7c6)cc2c43)OCCO5)cc1. The van der Waals surface area contributed by atoms with Gasteiger partial charge >= 0.3 is 0 Å². The molecule has 9 heteroatoms. The second-order valence-electron chi connectivity index (χ2n) is 23.5. The van der Waals surface area contributed by atoms with Gasteiger partial charge in [0.2, 0.25) is 0 Å². The van der Waals surface area contributed by atoms with E-state index in [1.54, 1.807) is 0 Å². The van der Waals surface area contributed by atoms with Crippen LogP contribution in [0.15, 0.2) is 199 Å². The molecule has 0 aliphatic carbocycles. The average molecular weight is 1030 g/mol. The first-order chi connectivity index (χ1) is 38.4. The number of ether oxygens (including phenoxy) is 4. The molecular weight excluding hydrogens is 974 g/mol. The van der Waals surface area contributed by atoms with Crippen molar-refractivity contribution in [1.29, 1.82) is 0 Å². The van der Waals surface area contributed by atoms with E-state index in [9.17, 15) is 0 Å². The molecule has 79 heavy (non-hydrogen) atoms. The third kappa shape index (κ3) is 7.88. The molecule has 4 aliphatic heterocycles. The zero-order valence-corrected chi connectivity index (χ0v) is 45.3. The second-order valence-corrected chi connectivity index (χ2v) is 23.5. The van der Waals surface area contributed by atoms with Gasteiger partial charge in [0.25, 0.3) is 6.71 Å². The van der Waals surface area contributed by atoms with Gasteiger partial charge in [-0.3, -0.25) is 0 Å². The van der Waals surface area contributed by atoms with Crippen molar-refractivity contribution in [2.75, 3.05) is 41.1 Å². The maximum atomic E-state index is 6.48. The lowest BCUT2D eigenvalue weighted by molar-refractivity contribution is 0.171. The van der Waals surface area contributed by atoms with E-state index in [1.807, 2.05) is 18.2 Å². The third-order valence-electron chi connectivity index (χ3n) is 16.4. The number of hydrogen-bond acceptors (Lipinski definition) is 8. The van der Waals surface area contributed by atoms with Crippen LogP contribution < -0.4 is 50.0 Å². The molecule has 0 bridgehead atoms. The Kier molecular flexibility index (Phi) is 10.6. The van der Waals surface area contributed by atoms with Crippen LogP contribution in [0.25, 0.3) is 43.8 Å². The maximum Gasteiger partial charge on any atom is 0.252 e. The van der Waals surface area contributed by atoms with E-state index >= 15 is 0 Å². The molecule has 0 amide bonds. The summed E-state index contributed by atoms with van der Waals surface area (Å²) in [5.41, 5.74) is 17.2. The molecule has 11 aromatic rings. The molecule has 1 aromatic heterocycles. The summed E-state index contributed by atoms with van der Waals surface area (Å²) in [4.78, 5) is 7.37. The first-order valence-corrected chi connectivity index (χ1v) is 27.6. The molecule has 0 unspecified atom stereocenters. The highest BCUT2D eigenvalue weighted by molar-refractivity contribution is 7.00. The number of fused-ring (bicyclic) bond motifs is 9. The highest BCUT2D eigenvalue weighted by Crippen LogP contribution is 2.51. The summed E-state index contributed by atoms with van der Waals surface area (Å²) in [6.07, 6.45) is 0. The number of para-hydroxylation sites is 1. The molecule has 0 radical (unpaired) electrons. The molecule has 0 N–H and O–H groups in total. The summed E-state index contributed by atoms with van der Waals surface area (Å²) in [5.74, 6) is 3.79. The molecule has 386 valence electrons. The van der Waals surface area contributed by atoms with E-state index in [-0.39, 0.29) is 17.5 Å². The summed E-state index contributed by atoms with van der Waals surface area (Å²) in [7, 11) is 0. The number of nitrogens with zero attached hydrogens (tertiary/aromatic N) is 3. The van der Waals surface area contributed by atoms with Crippen molar-refractivity contribution in [3.8, 4) is 34.3 Å².